The lowest BCUT2D eigenvalue weighted by Gasteiger charge is -2.09. The fourth-order valence-electron chi connectivity index (χ4n) is 2.49. The van der Waals surface area contributed by atoms with Gasteiger partial charge in [0.25, 0.3) is 5.91 Å². The van der Waals surface area contributed by atoms with E-state index in [-0.39, 0.29) is 17.6 Å². The first-order chi connectivity index (χ1) is 13.4. The summed E-state index contributed by atoms with van der Waals surface area (Å²) < 4.78 is 1.75. The number of nitrogens with one attached hydrogen (secondary N) is 2. The monoisotopic (exact) mass is 395 g/mol. The third kappa shape index (κ3) is 4.98. The third-order valence-electron chi connectivity index (χ3n) is 4.18. The molecule has 28 heavy (non-hydrogen) atoms. The van der Waals surface area contributed by atoms with E-state index in [0.29, 0.717) is 16.4 Å². The number of rotatable bonds is 6. The number of anilines is 2. The summed E-state index contributed by atoms with van der Waals surface area (Å²) in [4.78, 5) is 24.7. The maximum atomic E-state index is 12.5. The minimum atomic E-state index is -0.229. The predicted molar refractivity (Wildman–Crippen MR) is 111 cm³/mol. The van der Waals surface area contributed by atoms with E-state index in [2.05, 4.69) is 20.8 Å². The Bertz CT molecular complexity index is 1020. The Balaban J connectivity index is 1.61. The van der Waals surface area contributed by atoms with Crippen molar-refractivity contribution in [1.82, 2.24) is 14.8 Å². The first-order valence-electron chi connectivity index (χ1n) is 8.67. The largest absolute Gasteiger partial charge is 0.325 e. The van der Waals surface area contributed by atoms with Crippen LogP contribution in [-0.4, -0.2) is 32.3 Å². The molecule has 0 radical (unpaired) electrons. The summed E-state index contributed by atoms with van der Waals surface area (Å²) in [5.41, 5.74) is 4.05. The summed E-state index contributed by atoms with van der Waals surface area (Å²) in [6.07, 6.45) is 1.58. The van der Waals surface area contributed by atoms with Crippen LogP contribution in [0, 0.1) is 13.8 Å². The molecular weight excluding hydrogens is 374 g/mol. The normalized spacial score (nSPS) is 10.5. The Hall–Kier alpha value is -3.13. The van der Waals surface area contributed by atoms with Gasteiger partial charge in [-0.2, -0.15) is 0 Å². The molecule has 0 unspecified atom stereocenters. The van der Waals surface area contributed by atoms with E-state index in [1.54, 1.807) is 35.2 Å². The van der Waals surface area contributed by atoms with Gasteiger partial charge in [0, 0.05) is 24.0 Å². The van der Waals surface area contributed by atoms with E-state index in [9.17, 15) is 9.59 Å². The van der Waals surface area contributed by atoms with Gasteiger partial charge in [-0.3, -0.25) is 9.59 Å². The number of benzene rings is 2. The van der Waals surface area contributed by atoms with Crippen LogP contribution >= 0.6 is 11.8 Å². The zero-order chi connectivity index (χ0) is 20.1. The molecule has 0 saturated heterocycles. The average Bonchev–Trinajstić information content (AvgIpc) is 3.08. The zero-order valence-corrected chi connectivity index (χ0v) is 16.7. The van der Waals surface area contributed by atoms with Crippen molar-refractivity contribution in [3.8, 4) is 0 Å². The Morgan fingerprint density at radius 1 is 1.04 bits per heavy atom. The van der Waals surface area contributed by atoms with Crippen molar-refractivity contribution in [1.29, 1.82) is 0 Å². The van der Waals surface area contributed by atoms with Gasteiger partial charge in [0.05, 0.1) is 5.75 Å². The number of amides is 2. The number of hydrogen-bond donors (Lipinski definition) is 2. The lowest BCUT2D eigenvalue weighted by molar-refractivity contribution is -0.113. The molecule has 0 bridgehead atoms. The van der Waals surface area contributed by atoms with Gasteiger partial charge in [-0.15, -0.1) is 10.2 Å². The van der Waals surface area contributed by atoms with Gasteiger partial charge in [-0.1, -0.05) is 23.9 Å². The molecule has 0 aliphatic rings. The Morgan fingerprint density at radius 3 is 2.54 bits per heavy atom. The van der Waals surface area contributed by atoms with Gasteiger partial charge in [0.15, 0.2) is 5.16 Å². The molecule has 1 aromatic heterocycles. The molecular formula is C20H21N5O2S. The van der Waals surface area contributed by atoms with E-state index in [1.165, 1.54) is 17.3 Å². The summed E-state index contributed by atoms with van der Waals surface area (Å²) in [5.74, 6) is -0.210. The van der Waals surface area contributed by atoms with Crippen LogP contribution < -0.4 is 10.6 Å². The van der Waals surface area contributed by atoms with Crippen molar-refractivity contribution in [2.24, 2.45) is 7.05 Å². The van der Waals surface area contributed by atoms with E-state index < -0.39 is 0 Å². The van der Waals surface area contributed by atoms with Crippen molar-refractivity contribution >= 4 is 35.0 Å². The molecule has 0 spiro atoms. The molecule has 144 valence electrons. The quantitative estimate of drug-likeness (QED) is 0.625. The number of carbonyl (C=O) groups is 2. The highest BCUT2D eigenvalue weighted by Gasteiger charge is 2.10. The van der Waals surface area contributed by atoms with Gasteiger partial charge in [-0.25, -0.2) is 0 Å². The highest BCUT2D eigenvalue weighted by molar-refractivity contribution is 7.99. The van der Waals surface area contributed by atoms with Crippen LogP contribution in [0.4, 0.5) is 11.4 Å². The number of thioether (sulfide) groups is 1. The SMILES string of the molecule is Cc1ccc(NC(=O)c2cccc(NC(=O)CSc3nncn3C)c2)cc1C. The molecule has 0 saturated carbocycles. The van der Waals surface area contributed by atoms with Gasteiger partial charge < -0.3 is 15.2 Å². The van der Waals surface area contributed by atoms with Gasteiger partial charge in [0.1, 0.15) is 6.33 Å². The van der Waals surface area contributed by atoms with E-state index in [4.69, 9.17) is 0 Å². The van der Waals surface area contributed by atoms with Crippen LogP contribution in [0.25, 0.3) is 0 Å². The molecule has 3 rings (SSSR count). The first kappa shape index (κ1) is 19.6. The molecule has 2 amide bonds. The number of carbonyl (C=O) groups excluding carboxylic acids is 2. The molecule has 0 aliphatic heterocycles. The van der Waals surface area contributed by atoms with Crippen LogP contribution in [-0.2, 0) is 11.8 Å². The zero-order valence-electron chi connectivity index (χ0n) is 15.9. The minimum absolute atomic E-state index is 0.181. The lowest BCUT2D eigenvalue weighted by Crippen LogP contribution is -2.16. The van der Waals surface area contributed by atoms with Crippen molar-refractivity contribution < 1.29 is 9.59 Å². The van der Waals surface area contributed by atoms with E-state index in [1.807, 2.05) is 39.1 Å². The molecule has 1 heterocycles. The topological polar surface area (TPSA) is 88.9 Å². The molecule has 7 nitrogen and oxygen atoms in total. The lowest BCUT2D eigenvalue weighted by atomic mass is 10.1. The summed E-state index contributed by atoms with van der Waals surface area (Å²) in [7, 11) is 1.82. The van der Waals surface area contributed by atoms with Crippen molar-refractivity contribution in [3.05, 3.63) is 65.5 Å². The van der Waals surface area contributed by atoms with Gasteiger partial charge in [-0.05, 0) is 55.3 Å². The third-order valence-corrected chi connectivity index (χ3v) is 5.21. The van der Waals surface area contributed by atoms with Crippen molar-refractivity contribution in [3.63, 3.8) is 0 Å². The number of hydrogen-bond acceptors (Lipinski definition) is 5. The van der Waals surface area contributed by atoms with Gasteiger partial charge >= 0.3 is 0 Å². The summed E-state index contributed by atoms with van der Waals surface area (Å²) in [5, 5.41) is 14.1. The fourth-order valence-corrected chi connectivity index (χ4v) is 3.18. The van der Waals surface area contributed by atoms with E-state index in [0.717, 1.165) is 11.3 Å². The Labute approximate surface area is 167 Å². The number of nitrogens with zero attached hydrogens (tertiary/aromatic N) is 3. The number of aromatic nitrogens is 3. The highest BCUT2D eigenvalue weighted by atomic mass is 32.2. The van der Waals surface area contributed by atoms with Crippen LogP contribution in [0.1, 0.15) is 21.5 Å². The molecule has 3 aromatic rings. The minimum Gasteiger partial charge on any atom is -0.325 e. The Kier molecular flexibility index (Phi) is 6.10. The highest BCUT2D eigenvalue weighted by Crippen LogP contribution is 2.18. The van der Waals surface area contributed by atoms with Crippen LogP contribution in [0.15, 0.2) is 53.9 Å². The standard InChI is InChI=1S/C20H21N5O2S/c1-13-7-8-17(9-14(13)2)23-19(27)15-5-4-6-16(10-15)22-18(26)11-28-20-24-21-12-25(20)3/h4-10,12H,11H2,1-3H3,(H,22,26)(H,23,27). The van der Waals surface area contributed by atoms with Crippen LogP contribution in [0.2, 0.25) is 0 Å². The van der Waals surface area contributed by atoms with Gasteiger partial charge in [0.2, 0.25) is 5.91 Å². The molecule has 2 aromatic carbocycles. The predicted octanol–water partition coefficient (Wildman–Crippen LogP) is 3.42. The fraction of sp³-hybridized carbons (Fsp3) is 0.200. The molecule has 0 aliphatic carbocycles. The summed E-state index contributed by atoms with van der Waals surface area (Å²) >= 11 is 1.29. The molecule has 2 N–H and O–H groups in total. The smallest absolute Gasteiger partial charge is 0.255 e. The van der Waals surface area contributed by atoms with Crippen LogP contribution in [0.5, 0.6) is 0 Å². The first-order valence-corrected chi connectivity index (χ1v) is 9.66. The molecule has 0 atom stereocenters. The maximum absolute atomic E-state index is 12.5. The maximum Gasteiger partial charge on any atom is 0.255 e. The van der Waals surface area contributed by atoms with Crippen molar-refractivity contribution in [2.45, 2.75) is 19.0 Å². The van der Waals surface area contributed by atoms with Crippen molar-refractivity contribution in [2.75, 3.05) is 16.4 Å². The van der Waals surface area contributed by atoms with E-state index >= 15 is 0 Å². The summed E-state index contributed by atoms with van der Waals surface area (Å²) in [6, 6.07) is 12.6. The second-order valence-corrected chi connectivity index (χ2v) is 7.34. The molecule has 8 heteroatoms. The molecule has 0 fully saturated rings. The van der Waals surface area contributed by atoms with Crippen LogP contribution in [0.3, 0.4) is 0 Å². The average molecular weight is 395 g/mol. The second-order valence-electron chi connectivity index (χ2n) is 6.40. The number of aryl methyl sites for hydroxylation is 3. The Morgan fingerprint density at radius 2 is 1.82 bits per heavy atom. The second kappa shape index (κ2) is 8.71. The summed E-state index contributed by atoms with van der Waals surface area (Å²) in [6.45, 7) is 4.02.